The van der Waals surface area contributed by atoms with E-state index < -0.39 is 0 Å². The van der Waals surface area contributed by atoms with E-state index >= 15 is 0 Å². The van der Waals surface area contributed by atoms with Crippen LogP contribution >= 0.6 is 11.3 Å². The molecule has 0 bridgehead atoms. The van der Waals surface area contributed by atoms with E-state index in [1.54, 1.807) is 35.2 Å². The Hall–Kier alpha value is -3.33. The van der Waals surface area contributed by atoms with Crippen LogP contribution in [-0.2, 0) is 11.2 Å². The van der Waals surface area contributed by atoms with E-state index in [1.165, 1.54) is 27.9 Å². The molecule has 7 nitrogen and oxygen atoms in total. The van der Waals surface area contributed by atoms with Gasteiger partial charge in [-0.25, -0.2) is 14.1 Å². The molecular formula is C22H20FN5O2S. The molecule has 1 aliphatic carbocycles. The predicted octanol–water partition coefficient (Wildman–Crippen LogP) is 3.19. The van der Waals surface area contributed by atoms with Crippen LogP contribution in [0.15, 0.2) is 40.5 Å². The van der Waals surface area contributed by atoms with E-state index in [9.17, 15) is 14.0 Å². The highest BCUT2D eigenvalue weighted by Gasteiger charge is 2.24. The van der Waals surface area contributed by atoms with E-state index in [1.807, 2.05) is 6.92 Å². The molecule has 1 amide bonds. The molecule has 1 saturated carbocycles. The standard InChI is InChI=1S/C22H20FN5O2S/c1-12-8-18(26-28(12)16-5-3-4-14(23)9-16)20-13(2)24-22-27(21(20)30)17(11-31-22)10-19(29)25-15-6-7-15/h3-5,8-9,11,15H,6-7,10H2,1-2H3,(H,25,29). The monoisotopic (exact) mass is 437 g/mol. The Morgan fingerprint density at radius 2 is 2.10 bits per heavy atom. The minimum Gasteiger partial charge on any atom is -0.353 e. The zero-order chi connectivity index (χ0) is 21.7. The van der Waals surface area contributed by atoms with Crippen molar-refractivity contribution in [3.05, 3.63) is 69.0 Å². The molecule has 0 aliphatic heterocycles. The lowest BCUT2D eigenvalue weighted by Crippen LogP contribution is -2.29. The molecule has 158 valence electrons. The van der Waals surface area contributed by atoms with Crippen LogP contribution in [0.3, 0.4) is 0 Å². The molecule has 1 fully saturated rings. The second-order valence-corrected chi connectivity index (χ2v) is 8.64. The Bertz CT molecular complexity index is 1380. The molecule has 3 heterocycles. The Labute approximate surface area is 181 Å². The number of nitrogens with one attached hydrogen (secondary N) is 1. The third kappa shape index (κ3) is 3.65. The van der Waals surface area contributed by atoms with E-state index in [0.717, 1.165) is 18.5 Å². The van der Waals surface area contributed by atoms with Gasteiger partial charge in [0.2, 0.25) is 5.91 Å². The summed E-state index contributed by atoms with van der Waals surface area (Å²) in [5, 5.41) is 9.32. The smallest absolute Gasteiger partial charge is 0.268 e. The van der Waals surface area contributed by atoms with Crippen molar-refractivity contribution in [2.45, 2.75) is 39.2 Å². The Balaban J connectivity index is 1.58. The second-order valence-electron chi connectivity index (χ2n) is 7.80. The largest absolute Gasteiger partial charge is 0.353 e. The number of nitrogens with zero attached hydrogens (tertiary/aromatic N) is 4. The lowest BCUT2D eigenvalue weighted by atomic mass is 10.1. The highest BCUT2D eigenvalue weighted by atomic mass is 32.1. The van der Waals surface area contributed by atoms with Gasteiger partial charge >= 0.3 is 0 Å². The molecule has 1 aromatic carbocycles. The molecule has 1 N–H and O–H groups in total. The molecule has 31 heavy (non-hydrogen) atoms. The van der Waals surface area contributed by atoms with E-state index in [-0.39, 0.29) is 29.7 Å². The lowest BCUT2D eigenvalue weighted by Gasteiger charge is -2.07. The van der Waals surface area contributed by atoms with Crippen molar-refractivity contribution in [2.75, 3.05) is 0 Å². The zero-order valence-corrected chi connectivity index (χ0v) is 17.9. The number of carbonyl (C=O) groups is 1. The quantitative estimate of drug-likeness (QED) is 0.520. The van der Waals surface area contributed by atoms with Crippen molar-refractivity contribution in [1.82, 2.24) is 24.5 Å². The molecular weight excluding hydrogens is 417 g/mol. The Morgan fingerprint density at radius 1 is 1.29 bits per heavy atom. The van der Waals surface area contributed by atoms with Crippen molar-refractivity contribution in [3.8, 4) is 16.9 Å². The van der Waals surface area contributed by atoms with Gasteiger partial charge in [0.15, 0.2) is 4.96 Å². The molecule has 0 unspecified atom stereocenters. The predicted molar refractivity (Wildman–Crippen MR) is 116 cm³/mol. The van der Waals surface area contributed by atoms with Gasteiger partial charge in [0, 0.05) is 22.8 Å². The van der Waals surface area contributed by atoms with Crippen molar-refractivity contribution < 1.29 is 9.18 Å². The summed E-state index contributed by atoms with van der Waals surface area (Å²) in [6.45, 7) is 3.62. The van der Waals surface area contributed by atoms with E-state index in [2.05, 4.69) is 15.4 Å². The van der Waals surface area contributed by atoms with Gasteiger partial charge in [0.25, 0.3) is 5.56 Å². The van der Waals surface area contributed by atoms with E-state index in [0.29, 0.717) is 33.3 Å². The minimum absolute atomic E-state index is 0.0950. The first-order chi connectivity index (χ1) is 14.9. The maximum absolute atomic E-state index is 13.7. The van der Waals surface area contributed by atoms with Crippen LogP contribution in [0.2, 0.25) is 0 Å². The summed E-state index contributed by atoms with van der Waals surface area (Å²) in [5.41, 5.74) is 3.08. The van der Waals surface area contributed by atoms with Gasteiger partial charge < -0.3 is 5.32 Å². The first-order valence-electron chi connectivity index (χ1n) is 10.0. The number of fused-ring (bicyclic) bond motifs is 1. The fourth-order valence-electron chi connectivity index (χ4n) is 3.66. The topological polar surface area (TPSA) is 81.3 Å². The van der Waals surface area contributed by atoms with Crippen LogP contribution in [0.25, 0.3) is 21.9 Å². The number of amides is 1. The lowest BCUT2D eigenvalue weighted by molar-refractivity contribution is -0.120. The molecule has 1 aliphatic rings. The second kappa shape index (κ2) is 7.42. The number of rotatable bonds is 5. The number of aromatic nitrogens is 4. The summed E-state index contributed by atoms with van der Waals surface area (Å²) >= 11 is 1.33. The van der Waals surface area contributed by atoms with Gasteiger partial charge in [0.1, 0.15) is 11.5 Å². The third-order valence-corrected chi connectivity index (χ3v) is 6.18. The molecule has 9 heteroatoms. The van der Waals surface area contributed by atoms with Crippen LogP contribution in [0.5, 0.6) is 0 Å². The number of carbonyl (C=O) groups excluding carboxylic acids is 1. The third-order valence-electron chi connectivity index (χ3n) is 5.30. The fraction of sp³-hybridized carbons (Fsp3) is 0.273. The van der Waals surface area contributed by atoms with Gasteiger partial charge in [-0.2, -0.15) is 5.10 Å². The first kappa shape index (κ1) is 19.6. The van der Waals surface area contributed by atoms with Crippen molar-refractivity contribution in [3.63, 3.8) is 0 Å². The summed E-state index contributed by atoms with van der Waals surface area (Å²) in [6.07, 6.45) is 2.14. The Morgan fingerprint density at radius 3 is 2.84 bits per heavy atom. The average Bonchev–Trinajstić information content (AvgIpc) is 3.31. The van der Waals surface area contributed by atoms with Crippen LogP contribution in [0, 0.1) is 19.7 Å². The highest BCUT2D eigenvalue weighted by Crippen LogP contribution is 2.24. The molecule has 0 saturated heterocycles. The van der Waals surface area contributed by atoms with Gasteiger partial charge in [-0.3, -0.25) is 14.0 Å². The number of hydrogen-bond donors (Lipinski definition) is 1. The summed E-state index contributed by atoms with van der Waals surface area (Å²) in [7, 11) is 0. The maximum atomic E-state index is 13.7. The molecule has 0 atom stereocenters. The SMILES string of the molecule is Cc1nc2scc(CC(=O)NC3CC3)n2c(=O)c1-c1cc(C)n(-c2cccc(F)c2)n1. The molecule has 0 radical (unpaired) electrons. The highest BCUT2D eigenvalue weighted by molar-refractivity contribution is 7.15. The number of aryl methyl sites for hydroxylation is 2. The number of thiazole rings is 1. The number of hydrogen-bond acceptors (Lipinski definition) is 5. The van der Waals surface area contributed by atoms with Gasteiger partial charge in [-0.1, -0.05) is 6.07 Å². The Kier molecular flexibility index (Phi) is 4.70. The van der Waals surface area contributed by atoms with Crippen LogP contribution in [0.1, 0.15) is 29.9 Å². The maximum Gasteiger partial charge on any atom is 0.268 e. The summed E-state index contributed by atoms with van der Waals surface area (Å²) in [5.74, 6) is -0.455. The fourth-order valence-corrected chi connectivity index (χ4v) is 4.59. The van der Waals surface area contributed by atoms with Crippen molar-refractivity contribution >= 4 is 22.2 Å². The molecule has 3 aromatic heterocycles. The molecule has 4 aromatic rings. The van der Waals surface area contributed by atoms with Crippen molar-refractivity contribution in [1.29, 1.82) is 0 Å². The van der Waals surface area contributed by atoms with Gasteiger partial charge in [-0.05, 0) is 51.0 Å². The summed E-state index contributed by atoms with van der Waals surface area (Å²) < 4.78 is 16.8. The number of benzene rings is 1. The van der Waals surface area contributed by atoms with Crippen molar-refractivity contribution in [2.24, 2.45) is 0 Å². The average molecular weight is 438 g/mol. The van der Waals surface area contributed by atoms with Gasteiger partial charge in [0.05, 0.1) is 23.4 Å². The normalized spacial score (nSPS) is 13.6. The first-order valence-corrected chi connectivity index (χ1v) is 10.9. The van der Waals surface area contributed by atoms with Gasteiger partial charge in [-0.15, -0.1) is 11.3 Å². The minimum atomic E-state index is -0.360. The summed E-state index contributed by atoms with van der Waals surface area (Å²) in [4.78, 5) is 30.9. The number of halogens is 1. The molecule has 5 rings (SSSR count). The molecule has 0 spiro atoms. The van der Waals surface area contributed by atoms with Crippen LogP contribution < -0.4 is 10.9 Å². The van der Waals surface area contributed by atoms with E-state index in [4.69, 9.17) is 0 Å². The van der Waals surface area contributed by atoms with Crippen LogP contribution in [-0.4, -0.2) is 31.1 Å². The summed E-state index contributed by atoms with van der Waals surface area (Å²) in [6, 6.07) is 8.18. The van der Waals surface area contributed by atoms with Crippen LogP contribution in [0.4, 0.5) is 4.39 Å². The zero-order valence-electron chi connectivity index (χ0n) is 17.1.